The molecule has 290 valence electrons. The van der Waals surface area contributed by atoms with Crippen LogP contribution in [0.25, 0.3) is 0 Å². The lowest BCUT2D eigenvalue weighted by Crippen LogP contribution is -2.52. The summed E-state index contributed by atoms with van der Waals surface area (Å²) in [6.07, 6.45) is 8.76. The number of nitrogens with two attached hydrogens (primary N) is 1. The van der Waals surface area contributed by atoms with Gasteiger partial charge in [0.25, 0.3) is 0 Å². The molecule has 1 fully saturated rings. The van der Waals surface area contributed by atoms with Gasteiger partial charge in [0.15, 0.2) is 11.2 Å². The van der Waals surface area contributed by atoms with Gasteiger partial charge in [-0.2, -0.15) is 0 Å². The average molecular weight is 734 g/mol. The van der Waals surface area contributed by atoms with E-state index in [2.05, 4.69) is 10.6 Å². The van der Waals surface area contributed by atoms with E-state index in [1.807, 2.05) is 30.3 Å². The zero-order valence-corrected chi connectivity index (χ0v) is 31.6. The maximum absolute atomic E-state index is 13.5. The highest BCUT2D eigenvalue weighted by Crippen LogP contribution is 2.70. The van der Waals surface area contributed by atoms with Crippen LogP contribution in [-0.2, 0) is 20.7 Å². The number of carbonyl (C=O) groups is 1. The van der Waals surface area contributed by atoms with Crippen molar-refractivity contribution in [3.8, 4) is 23.0 Å². The highest BCUT2D eigenvalue weighted by Gasteiger charge is 2.78. The zero-order valence-electron chi connectivity index (χ0n) is 31.6. The number of carbonyl (C=O) groups excluding carboxylic acids is 1. The van der Waals surface area contributed by atoms with E-state index in [4.69, 9.17) is 29.4 Å². The van der Waals surface area contributed by atoms with Crippen LogP contribution in [-0.4, -0.2) is 82.9 Å². The first-order chi connectivity index (χ1) is 25.9. The Morgan fingerprint density at radius 3 is 2.08 bits per heavy atom. The number of hydrogen-bond acceptors (Lipinski definition) is 11. The molecule has 1 aliphatic carbocycles. The van der Waals surface area contributed by atoms with Gasteiger partial charge in [-0.1, -0.05) is 68.1 Å². The van der Waals surface area contributed by atoms with E-state index < -0.39 is 35.1 Å². The molecule has 1 saturated carbocycles. The summed E-state index contributed by atoms with van der Waals surface area (Å²) in [6, 6.07) is 19.9. The molecular weight excluding hydrogens is 674 g/mol. The second kappa shape index (κ2) is 19.5. The van der Waals surface area contributed by atoms with Gasteiger partial charge in [-0.15, -0.1) is 0 Å². The first kappa shape index (κ1) is 40.3. The van der Waals surface area contributed by atoms with E-state index in [1.165, 1.54) is 46.3 Å². The van der Waals surface area contributed by atoms with Crippen molar-refractivity contribution in [2.45, 2.75) is 81.0 Å². The number of aliphatic hydroxyl groups is 2. The Morgan fingerprint density at radius 1 is 0.792 bits per heavy atom. The maximum Gasteiger partial charge on any atom is 0.312 e. The molecule has 3 aromatic rings. The summed E-state index contributed by atoms with van der Waals surface area (Å²) < 4.78 is 29.6. The SMILES string of the molecule is COC(=O)[C@H]1[C@@H](O)[C@@]2(O)c3c(OC)cc(OCCCCNCCCNCCCCCCCCN)cc3O[C@@]2(c2ccc(OC)cc2)[C@@H]1c1ccccc1. The molecule has 0 saturated heterocycles. The predicted octanol–water partition coefficient (Wildman–Crippen LogP) is 5.15. The fourth-order valence-electron chi connectivity index (χ4n) is 8.10. The number of nitrogens with one attached hydrogen (secondary N) is 2. The Hall–Kier alpha value is -3.87. The molecule has 0 unspecified atom stereocenters. The van der Waals surface area contributed by atoms with Crippen molar-refractivity contribution >= 4 is 5.97 Å². The molecule has 6 N–H and O–H groups in total. The smallest absolute Gasteiger partial charge is 0.312 e. The summed E-state index contributed by atoms with van der Waals surface area (Å²) in [4.78, 5) is 13.5. The molecule has 0 aromatic heterocycles. The van der Waals surface area contributed by atoms with E-state index in [-0.39, 0.29) is 11.3 Å². The molecule has 0 spiro atoms. The lowest BCUT2D eigenvalue weighted by molar-refractivity contribution is -0.161. The lowest BCUT2D eigenvalue weighted by Gasteiger charge is -2.40. The summed E-state index contributed by atoms with van der Waals surface area (Å²) in [5.41, 5.74) is 3.28. The maximum atomic E-state index is 13.5. The second-order valence-electron chi connectivity index (χ2n) is 14.0. The summed E-state index contributed by atoms with van der Waals surface area (Å²) in [7, 11) is 4.35. The normalized spacial score (nSPS) is 22.9. The van der Waals surface area contributed by atoms with E-state index in [1.54, 1.807) is 43.5 Å². The van der Waals surface area contributed by atoms with Crippen LogP contribution in [0.15, 0.2) is 66.7 Å². The van der Waals surface area contributed by atoms with Gasteiger partial charge >= 0.3 is 5.97 Å². The molecule has 5 atom stereocenters. The van der Waals surface area contributed by atoms with Crippen LogP contribution in [0.5, 0.6) is 23.0 Å². The molecule has 1 heterocycles. The third-order valence-electron chi connectivity index (χ3n) is 10.7. The third kappa shape index (κ3) is 8.60. The van der Waals surface area contributed by atoms with Gasteiger partial charge in [0.1, 0.15) is 29.1 Å². The Kier molecular flexibility index (Phi) is 14.8. The number of hydrogen-bond donors (Lipinski definition) is 5. The first-order valence-corrected chi connectivity index (χ1v) is 19.2. The van der Waals surface area contributed by atoms with Gasteiger partial charge in [-0.3, -0.25) is 4.79 Å². The topological polar surface area (TPSA) is 154 Å². The van der Waals surface area contributed by atoms with Crippen molar-refractivity contribution in [3.05, 3.63) is 83.4 Å². The Morgan fingerprint density at radius 2 is 1.43 bits per heavy atom. The molecule has 11 heteroatoms. The van der Waals surface area contributed by atoms with E-state index in [0.29, 0.717) is 35.0 Å². The van der Waals surface area contributed by atoms with Gasteiger partial charge in [-0.25, -0.2) is 0 Å². The van der Waals surface area contributed by atoms with Crippen molar-refractivity contribution in [3.63, 3.8) is 0 Å². The molecule has 53 heavy (non-hydrogen) atoms. The molecule has 1 aliphatic heterocycles. The van der Waals surface area contributed by atoms with Crippen LogP contribution >= 0.6 is 0 Å². The van der Waals surface area contributed by atoms with Crippen molar-refractivity contribution in [1.29, 1.82) is 0 Å². The molecule has 2 aliphatic rings. The van der Waals surface area contributed by atoms with Crippen LogP contribution < -0.4 is 35.3 Å². The quantitative estimate of drug-likeness (QED) is 0.0650. The standard InChI is InChI=1S/C42H59N3O8/c1-49-32-20-18-31(19-21-32)42-37(30-16-9-8-10-17-30)36(40(47)51-3)39(46)41(42,48)38-34(50-2)28-33(29-35(38)53-42)52-27-14-13-24-45-26-15-25-44-23-12-7-5-4-6-11-22-43/h8-10,16-21,28-29,36-37,39,44-46,48H,4-7,11-15,22-27,43H2,1-3H3/t36-,37-,39-,41+,42+/m1/s1. The highest BCUT2D eigenvalue weighted by atomic mass is 16.6. The number of fused-ring (bicyclic) bond motifs is 3. The fraction of sp³-hybridized carbons (Fsp3) is 0.548. The van der Waals surface area contributed by atoms with Crippen LogP contribution in [0, 0.1) is 5.92 Å². The fourth-order valence-corrected chi connectivity index (χ4v) is 8.10. The zero-order chi connectivity index (χ0) is 37.7. The monoisotopic (exact) mass is 733 g/mol. The lowest BCUT2D eigenvalue weighted by atomic mass is 9.70. The molecule has 5 rings (SSSR count). The van der Waals surface area contributed by atoms with E-state index in [0.717, 1.165) is 58.4 Å². The minimum absolute atomic E-state index is 0.250. The summed E-state index contributed by atoms with van der Waals surface area (Å²) in [5.74, 6) is -0.971. The second-order valence-corrected chi connectivity index (χ2v) is 14.0. The van der Waals surface area contributed by atoms with Crippen LogP contribution in [0.3, 0.4) is 0 Å². The number of aliphatic hydroxyl groups excluding tert-OH is 1. The molecule has 3 aromatic carbocycles. The molecule has 0 radical (unpaired) electrons. The van der Waals surface area contributed by atoms with Crippen molar-refractivity contribution in [2.75, 3.05) is 60.7 Å². The van der Waals surface area contributed by atoms with Crippen LogP contribution in [0.4, 0.5) is 0 Å². The number of benzene rings is 3. The predicted molar refractivity (Wildman–Crippen MR) is 205 cm³/mol. The average Bonchev–Trinajstić information content (AvgIpc) is 3.57. The largest absolute Gasteiger partial charge is 0.497 e. The van der Waals surface area contributed by atoms with Gasteiger partial charge in [0.2, 0.25) is 0 Å². The number of unbranched alkanes of at least 4 members (excludes halogenated alkanes) is 6. The van der Waals surface area contributed by atoms with Crippen molar-refractivity contribution in [1.82, 2.24) is 10.6 Å². The highest BCUT2D eigenvalue weighted by molar-refractivity contribution is 5.78. The summed E-state index contributed by atoms with van der Waals surface area (Å²) in [5, 5.41) is 32.2. The van der Waals surface area contributed by atoms with Gasteiger partial charge in [0, 0.05) is 18.1 Å². The Labute approximate surface area is 314 Å². The molecular formula is C42H59N3O8. The van der Waals surface area contributed by atoms with Crippen LogP contribution in [0.1, 0.15) is 80.4 Å². The molecule has 0 bridgehead atoms. The minimum atomic E-state index is -2.12. The van der Waals surface area contributed by atoms with Gasteiger partial charge < -0.3 is 50.3 Å². The molecule has 11 nitrogen and oxygen atoms in total. The van der Waals surface area contributed by atoms with Crippen molar-refractivity contribution < 1.29 is 38.7 Å². The Balaban J connectivity index is 1.24. The van der Waals surface area contributed by atoms with Gasteiger partial charge in [0.05, 0.1) is 39.4 Å². The third-order valence-corrected chi connectivity index (χ3v) is 10.7. The van der Waals surface area contributed by atoms with Crippen LogP contribution in [0.2, 0.25) is 0 Å². The minimum Gasteiger partial charge on any atom is -0.497 e. The van der Waals surface area contributed by atoms with Gasteiger partial charge in [-0.05, 0) is 88.1 Å². The number of methoxy groups -OCH3 is 3. The first-order valence-electron chi connectivity index (χ1n) is 19.2. The summed E-state index contributed by atoms with van der Waals surface area (Å²) in [6.45, 7) is 5.25. The molecule has 0 amide bonds. The van der Waals surface area contributed by atoms with E-state index >= 15 is 0 Å². The number of esters is 1. The van der Waals surface area contributed by atoms with Crippen molar-refractivity contribution in [2.24, 2.45) is 11.7 Å². The number of rotatable bonds is 23. The number of ether oxygens (including phenoxy) is 5. The summed E-state index contributed by atoms with van der Waals surface area (Å²) >= 11 is 0. The Bertz CT molecular complexity index is 1570. The van der Waals surface area contributed by atoms with E-state index in [9.17, 15) is 15.0 Å².